The normalized spacial score (nSPS) is 18.4. The summed E-state index contributed by atoms with van der Waals surface area (Å²) in [4.78, 5) is 75.4. The molecule has 2 amide bonds. The third kappa shape index (κ3) is 16.8. The zero-order valence-electron chi connectivity index (χ0n) is 32.8. The lowest BCUT2D eigenvalue weighted by molar-refractivity contribution is -0.126. The minimum absolute atomic E-state index is 0.0179. The summed E-state index contributed by atoms with van der Waals surface area (Å²) in [7, 11) is -16.9. The van der Waals surface area contributed by atoms with Crippen LogP contribution in [0.15, 0.2) is 47.0 Å². The molecule has 32 heteroatoms. The fourth-order valence-corrected chi connectivity index (χ4v) is 8.73. The molecule has 0 spiro atoms. The van der Waals surface area contributed by atoms with Crippen molar-refractivity contribution in [3.8, 4) is 17.6 Å². The van der Waals surface area contributed by atoms with E-state index in [0.717, 1.165) is 0 Å². The maximum absolute atomic E-state index is 12.4. The summed E-state index contributed by atoms with van der Waals surface area (Å²) in [6, 6.07) is 6.33. The van der Waals surface area contributed by atoms with E-state index in [1.807, 2.05) is 0 Å². The number of hydrogen-bond donors (Lipinski definition) is 8. The van der Waals surface area contributed by atoms with E-state index in [1.165, 1.54) is 12.4 Å². The average Bonchev–Trinajstić information content (AvgIpc) is 3.80. The van der Waals surface area contributed by atoms with Gasteiger partial charge in [0.2, 0.25) is 5.91 Å². The molecule has 10 N–H and O–H groups in total. The lowest BCUT2D eigenvalue weighted by Gasteiger charge is -2.21. The maximum Gasteiger partial charge on any atom is 0.490 e. The highest BCUT2D eigenvalue weighted by Gasteiger charge is 2.43. The second-order valence-corrected chi connectivity index (χ2v) is 17.1. The van der Waals surface area contributed by atoms with Crippen molar-refractivity contribution in [3.05, 3.63) is 68.8 Å². The Morgan fingerprint density at radius 1 is 1.10 bits per heavy atom. The van der Waals surface area contributed by atoms with E-state index in [0.29, 0.717) is 28.8 Å². The number of nitrogens with zero attached hydrogens (tertiary/aromatic N) is 9. The number of azide groups is 2. The number of phosphoric acid groups is 3. The van der Waals surface area contributed by atoms with Crippen molar-refractivity contribution in [2.75, 3.05) is 64.9 Å². The number of rotatable bonds is 25. The van der Waals surface area contributed by atoms with Crippen LogP contribution in [0.1, 0.15) is 35.0 Å². The Kier molecular flexibility index (Phi) is 19.2. The number of carbonyl (C=O) groups is 2. The largest absolute Gasteiger partial charge is 0.491 e. The highest BCUT2D eigenvalue weighted by molar-refractivity contribution is 7.66. The van der Waals surface area contributed by atoms with Gasteiger partial charge in [0, 0.05) is 41.2 Å². The number of benzene rings is 1. The summed E-state index contributed by atoms with van der Waals surface area (Å²) >= 11 is 0. The number of nitrogens with two attached hydrogens (primary N) is 2. The number of hydrogen-bond acceptors (Lipinski definition) is 18. The zero-order valence-corrected chi connectivity index (χ0v) is 35.4. The van der Waals surface area contributed by atoms with E-state index in [9.17, 15) is 33.1 Å². The van der Waals surface area contributed by atoms with Gasteiger partial charge < -0.3 is 65.2 Å². The van der Waals surface area contributed by atoms with Crippen molar-refractivity contribution in [1.82, 2.24) is 25.2 Å². The number of aromatic nitrogens is 3. The monoisotopic (exact) mass is 945 g/mol. The van der Waals surface area contributed by atoms with Gasteiger partial charge in [0.05, 0.1) is 43.4 Å². The first-order valence-electron chi connectivity index (χ1n) is 18.2. The number of fused-ring (bicyclic) bond motifs is 1. The van der Waals surface area contributed by atoms with Crippen LogP contribution in [0.5, 0.6) is 5.75 Å². The fourth-order valence-electron chi connectivity index (χ4n) is 5.70. The molecule has 342 valence electrons. The third-order valence-electron chi connectivity index (χ3n) is 8.26. The topological polar surface area (TPSA) is 435 Å². The second-order valence-electron chi connectivity index (χ2n) is 12.7. The first kappa shape index (κ1) is 50.5. The van der Waals surface area contributed by atoms with Gasteiger partial charge in [0.25, 0.3) is 5.91 Å². The molecule has 29 nitrogen and oxygen atoms in total. The van der Waals surface area contributed by atoms with E-state index >= 15 is 0 Å². The van der Waals surface area contributed by atoms with Gasteiger partial charge in [0.1, 0.15) is 43.0 Å². The van der Waals surface area contributed by atoms with Crippen molar-refractivity contribution in [2.45, 2.75) is 31.4 Å². The highest BCUT2D eigenvalue weighted by atomic mass is 31.3. The van der Waals surface area contributed by atoms with Gasteiger partial charge in [-0.2, -0.15) is 8.62 Å². The molecule has 3 aromatic rings. The number of carbonyl (C=O) groups excluding carboxylic acids is 2. The number of amides is 2. The van der Waals surface area contributed by atoms with Gasteiger partial charge in [-0.3, -0.25) is 14.1 Å². The van der Waals surface area contributed by atoms with Gasteiger partial charge >= 0.3 is 23.5 Å². The van der Waals surface area contributed by atoms with Crippen LogP contribution >= 0.6 is 23.5 Å². The minimum atomic E-state index is -5.77. The van der Waals surface area contributed by atoms with Crippen LogP contribution in [0.4, 0.5) is 5.82 Å². The van der Waals surface area contributed by atoms with Crippen molar-refractivity contribution >= 4 is 52.1 Å². The molecule has 1 saturated heterocycles. The SMILES string of the molecule is [N-]=[N+]=NCCC1C[C@H](n2cc(C#CCNC(=O)COCCOC(COc3cccc(C(=O)NCCN)c3)N=[N+]=[N-])c3c(N)ncnc32)O[C@@H]1COP(=O)(O)OP(=O)(O)OP(=O)(O)O. The molecule has 63 heavy (non-hydrogen) atoms. The standard InChI is InChI=1S/C31H42N13O16P3/c32-7-10-37-31(46)21-3-1-5-23(13-21)56-18-26(41-43-35)55-12-11-54-17-25(45)36-8-2-4-22-15-44(30-28(22)29(33)38-19-39-30)27-14-20(6-9-40-42-34)24(58-27)16-57-62(50,51)60-63(52,53)59-61(47,48)49/h1,3,5,13,15,19-20,24,26-27H,6-12,14,16-18,32H2,(H,36,45)(H,37,46)(H,50,51)(H,52,53)(H2,33,38,39)(H2,47,48,49)/t20?,24-,26?,27-/m1/s1. The van der Waals surface area contributed by atoms with Crippen molar-refractivity contribution < 1.29 is 75.0 Å². The Morgan fingerprint density at radius 2 is 1.89 bits per heavy atom. The Labute approximate surface area is 356 Å². The number of ether oxygens (including phenoxy) is 4. The van der Waals surface area contributed by atoms with Crippen molar-refractivity contribution in [2.24, 2.45) is 21.9 Å². The lowest BCUT2D eigenvalue weighted by atomic mass is 9.97. The summed E-state index contributed by atoms with van der Waals surface area (Å²) < 4.78 is 71.6. The lowest BCUT2D eigenvalue weighted by Crippen LogP contribution is -2.29. The van der Waals surface area contributed by atoms with Gasteiger partial charge in [-0.15, -0.1) is 0 Å². The summed E-state index contributed by atoms with van der Waals surface area (Å²) in [5.74, 6) is 4.70. The van der Waals surface area contributed by atoms with E-state index in [-0.39, 0.29) is 76.3 Å². The molecule has 1 aliphatic heterocycles. The first-order chi connectivity index (χ1) is 29.9. The molecular formula is C31H42N13O16P3. The van der Waals surface area contributed by atoms with E-state index < -0.39 is 60.5 Å². The van der Waals surface area contributed by atoms with Crippen LogP contribution in [-0.2, 0) is 45.8 Å². The van der Waals surface area contributed by atoms with Gasteiger partial charge in [0.15, 0.2) is 6.23 Å². The first-order valence-corrected chi connectivity index (χ1v) is 22.7. The number of nitrogens with one attached hydrogen (secondary N) is 2. The summed E-state index contributed by atoms with van der Waals surface area (Å²) in [5, 5.41) is 12.6. The smallest absolute Gasteiger partial charge is 0.490 e. The molecule has 3 heterocycles. The van der Waals surface area contributed by atoms with Gasteiger partial charge in [-0.05, 0) is 48.0 Å². The number of phosphoric ester groups is 1. The Morgan fingerprint density at radius 3 is 2.62 bits per heavy atom. The molecule has 1 fully saturated rings. The fraction of sp³-hybridized carbons (Fsp3) is 0.484. The van der Waals surface area contributed by atoms with Gasteiger partial charge in [-0.1, -0.05) is 28.1 Å². The molecule has 0 bridgehead atoms. The summed E-state index contributed by atoms with van der Waals surface area (Å²) in [5.41, 5.74) is 30.2. The molecular weight excluding hydrogens is 903 g/mol. The quantitative estimate of drug-likeness (QED) is 0.0150. The van der Waals surface area contributed by atoms with Crippen LogP contribution in [-0.4, -0.2) is 117 Å². The Hall–Kier alpha value is -5.19. The van der Waals surface area contributed by atoms with Crippen LogP contribution in [0.3, 0.4) is 0 Å². The van der Waals surface area contributed by atoms with Crippen molar-refractivity contribution in [3.63, 3.8) is 0 Å². The predicted octanol–water partition coefficient (Wildman–Crippen LogP) is 1.87. The summed E-state index contributed by atoms with van der Waals surface area (Å²) in [6.45, 7) is -0.977. The Bertz CT molecular complexity index is 2380. The molecule has 1 aliphatic rings. The molecule has 4 rings (SSSR count). The zero-order chi connectivity index (χ0) is 46.0. The van der Waals surface area contributed by atoms with Crippen LogP contribution < -0.4 is 26.8 Å². The van der Waals surface area contributed by atoms with E-state index in [4.69, 9.17) is 55.8 Å². The minimum Gasteiger partial charge on any atom is -0.491 e. The molecule has 4 unspecified atom stereocenters. The molecule has 0 saturated carbocycles. The van der Waals surface area contributed by atoms with Crippen LogP contribution in [0.25, 0.3) is 31.9 Å². The highest BCUT2D eigenvalue weighted by Crippen LogP contribution is 2.66. The molecule has 6 atom stereocenters. The maximum atomic E-state index is 12.4. The number of nitrogen functional groups attached to an aromatic ring is 1. The predicted molar refractivity (Wildman–Crippen MR) is 215 cm³/mol. The second kappa shape index (κ2) is 24.0. The van der Waals surface area contributed by atoms with Crippen LogP contribution in [0.2, 0.25) is 0 Å². The van der Waals surface area contributed by atoms with Crippen molar-refractivity contribution in [1.29, 1.82) is 0 Å². The molecule has 0 aliphatic carbocycles. The average molecular weight is 946 g/mol. The molecule has 0 radical (unpaired) electrons. The van der Waals surface area contributed by atoms with E-state index in [2.05, 4.69) is 61.1 Å². The summed E-state index contributed by atoms with van der Waals surface area (Å²) in [6.07, 6.45) is 0.150. The molecule has 1 aromatic carbocycles. The van der Waals surface area contributed by atoms with Crippen LogP contribution in [0, 0.1) is 17.8 Å². The molecule has 2 aromatic heterocycles. The third-order valence-corrected chi connectivity index (χ3v) is 12.1. The Balaban J connectivity index is 1.30. The van der Waals surface area contributed by atoms with E-state index in [1.54, 1.807) is 29.0 Å². The number of anilines is 1. The van der Waals surface area contributed by atoms with Gasteiger partial charge in [-0.25, -0.2) is 23.7 Å².